The van der Waals surface area contributed by atoms with Crippen LogP contribution in [0, 0.1) is 0 Å². The van der Waals surface area contributed by atoms with E-state index in [1.807, 2.05) is 0 Å². The predicted molar refractivity (Wildman–Crippen MR) is 58.6 cm³/mol. The molecule has 7 heteroatoms. The van der Waals surface area contributed by atoms with Crippen LogP contribution in [0.5, 0.6) is 5.75 Å². The maximum Gasteiger partial charge on any atom is 0.339 e. The Morgan fingerprint density at radius 2 is 2.13 bits per heavy atom. The molecule has 6 N–H and O–H groups in total. The summed E-state index contributed by atoms with van der Waals surface area (Å²) < 4.78 is 0. The van der Waals surface area contributed by atoms with Crippen LogP contribution in [0.25, 0.3) is 0 Å². The van der Waals surface area contributed by atoms with Gasteiger partial charge < -0.3 is 15.9 Å². The average molecular weight is 227 g/mol. The Labute approximate surface area is 90.7 Å². The Bertz CT molecular complexity index is 408. The van der Waals surface area contributed by atoms with Gasteiger partial charge in [0.05, 0.1) is 5.69 Å². The number of thiocarbonyl (C=S) groups is 1. The molecule has 0 saturated carbocycles. The van der Waals surface area contributed by atoms with E-state index in [9.17, 15) is 9.90 Å². The van der Waals surface area contributed by atoms with Crippen molar-refractivity contribution >= 4 is 29.0 Å². The Morgan fingerprint density at radius 3 is 2.60 bits per heavy atom. The van der Waals surface area contributed by atoms with Crippen LogP contribution < -0.4 is 16.6 Å². The quantitative estimate of drug-likeness (QED) is 0.372. The summed E-state index contributed by atoms with van der Waals surface area (Å²) >= 11 is 4.54. The van der Waals surface area contributed by atoms with Gasteiger partial charge in [0.1, 0.15) is 11.3 Å². The molecule has 1 rings (SSSR count). The van der Waals surface area contributed by atoms with E-state index in [1.54, 1.807) is 0 Å². The summed E-state index contributed by atoms with van der Waals surface area (Å²) in [5.74, 6) is -1.53. The minimum absolute atomic E-state index is 0.0387. The highest BCUT2D eigenvalue weighted by Gasteiger charge is 2.09. The van der Waals surface area contributed by atoms with Crippen LogP contribution in [0.4, 0.5) is 5.69 Å². The predicted octanol–water partition coefficient (Wildman–Crippen LogP) is 0.250. The summed E-state index contributed by atoms with van der Waals surface area (Å²) in [5.41, 5.74) is 10.5. The van der Waals surface area contributed by atoms with Crippen LogP contribution in [-0.2, 0) is 0 Å². The number of carboxylic acid groups (broad SMARTS) is 1. The zero-order chi connectivity index (χ0) is 11.4. The number of aromatic carboxylic acids is 1. The van der Waals surface area contributed by atoms with E-state index in [1.165, 1.54) is 18.2 Å². The molecular weight excluding hydrogens is 218 g/mol. The summed E-state index contributed by atoms with van der Waals surface area (Å²) in [5, 5.41) is 18.0. The number of rotatable bonds is 3. The van der Waals surface area contributed by atoms with Crippen molar-refractivity contribution in [3.63, 3.8) is 0 Å². The van der Waals surface area contributed by atoms with E-state index in [0.29, 0.717) is 5.69 Å². The van der Waals surface area contributed by atoms with E-state index in [0.717, 1.165) is 0 Å². The number of hydrogen-bond acceptors (Lipinski definition) is 4. The first-order valence-electron chi connectivity index (χ1n) is 3.88. The van der Waals surface area contributed by atoms with E-state index in [2.05, 4.69) is 23.1 Å². The minimum atomic E-state index is -1.19. The molecule has 0 unspecified atom stereocenters. The number of phenols is 1. The van der Waals surface area contributed by atoms with Gasteiger partial charge in [-0.15, -0.1) is 0 Å². The Balaban J connectivity index is 2.82. The molecule has 0 saturated heterocycles. The second kappa shape index (κ2) is 4.47. The summed E-state index contributed by atoms with van der Waals surface area (Å²) in [6.07, 6.45) is 0. The second-order valence-corrected chi connectivity index (χ2v) is 3.09. The lowest BCUT2D eigenvalue weighted by Crippen LogP contribution is -2.33. The molecule has 0 spiro atoms. The summed E-state index contributed by atoms with van der Waals surface area (Å²) in [6, 6.07) is 3.98. The van der Waals surface area contributed by atoms with E-state index >= 15 is 0 Å². The van der Waals surface area contributed by atoms with Crippen LogP contribution in [0.15, 0.2) is 18.2 Å². The third-order valence-electron chi connectivity index (χ3n) is 1.56. The molecule has 15 heavy (non-hydrogen) atoms. The fourth-order valence-corrected chi connectivity index (χ4v) is 0.975. The van der Waals surface area contributed by atoms with E-state index in [4.69, 9.17) is 10.8 Å². The molecule has 0 atom stereocenters. The Morgan fingerprint density at radius 1 is 1.47 bits per heavy atom. The number of hydrogen-bond donors (Lipinski definition) is 5. The molecule has 0 aliphatic heterocycles. The third kappa shape index (κ3) is 2.99. The molecule has 0 aliphatic carbocycles. The number of aromatic hydroxyl groups is 1. The first-order chi connectivity index (χ1) is 7.00. The van der Waals surface area contributed by atoms with Crippen molar-refractivity contribution < 1.29 is 15.0 Å². The largest absolute Gasteiger partial charge is 0.507 e. The number of carbonyl (C=O) groups is 1. The van der Waals surface area contributed by atoms with Gasteiger partial charge in [0.2, 0.25) is 0 Å². The molecule has 1 aromatic carbocycles. The molecular formula is C8H9N3O3S. The Hall–Kier alpha value is -2.02. The van der Waals surface area contributed by atoms with Crippen LogP contribution in [0.3, 0.4) is 0 Å². The molecule has 80 valence electrons. The maximum atomic E-state index is 10.6. The van der Waals surface area contributed by atoms with Gasteiger partial charge in [-0.05, 0) is 24.4 Å². The van der Waals surface area contributed by atoms with Crippen molar-refractivity contribution in [3.8, 4) is 5.75 Å². The van der Waals surface area contributed by atoms with Gasteiger partial charge >= 0.3 is 5.97 Å². The van der Waals surface area contributed by atoms with Gasteiger partial charge in [-0.1, -0.05) is 0 Å². The number of carboxylic acids is 1. The number of nitrogens with one attached hydrogen (secondary N) is 2. The van der Waals surface area contributed by atoms with Crippen LogP contribution >= 0.6 is 12.2 Å². The number of anilines is 1. The monoisotopic (exact) mass is 227 g/mol. The lowest BCUT2D eigenvalue weighted by atomic mass is 10.2. The highest BCUT2D eigenvalue weighted by Crippen LogP contribution is 2.21. The van der Waals surface area contributed by atoms with Gasteiger partial charge in [-0.2, -0.15) is 0 Å². The maximum absolute atomic E-state index is 10.6. The average Bonchev–Trinajstić information content (AvgIpc) is 2.14. The molecule has 0 aromatic heterocycles. The Kier molecular flexibility index (Phi) is 3.29. The van der Waals surface area contributed by atoms with Crippen LogP contribution in [-0.4, -0.2) is 21.3 Å². The molecule has 0 heterocycles. The fraction of sp³-hybridized carbons (Fsp3) is 0. The summed E-state index contributed by atoms with van der Waals surface area (Å²) in [4.78, 5) is 10.6. The van der Waals surface area contributed by atoms with Crippen molar-refractivity contribution in [2.75, 3.05) is 5.43 Å². The fourth-order valence-electron chi connectivity index (χ4n) is 0.924. The minimum Gasteiger partial charge on any atom is -0.507 e. The molecule has 1 aromatic rings. The zero-order valence-corrected chi connectivity index (χ0v) is 8.34. The zero-order valence-electron chi connectivity index (χ0n) is 7.52. The second-order valence-electron chi connectivity index (χ2n) is 2.65. The van der Waals surface area contributed by atoms with Crippen molar-refractivity contribution in [2.45, 2.75) is 0 Å². The van der Waals surface area contributed by atoms with Gasteiger partial charge in [0.15, 0.2) is 5.11 Å². The smallest absolute Gasteiger partial charge is 0.339 e. The summed E-state index contributed by atoms with van der Waals surface area (Å²) in [7, 11) is 0. The first kappa shape index (κ1) is 11.1. The highest BCUT2D eigenvalue weighted by atomic mass is 32.1. The first-order valence-corrected chi connectivity index (χ1v) is 4.29. The van der Waals surface area contributed by atoms with Crippen molar-refractivity contribution in [2.24, 2.45) is 5.73 Å². The SMILES string of the molecule is NC(=S)NNc1ccc(C(=O)O)c(O)c1. The van der Waals surface area contributed by atoms with Gasteiger partial charge in [0.25, 0.3) is 0 Å². The molecule has 0 aliphatic rings. The van der Waals surface area contributed by atoms with Crippen molar-refractivity contribution in [1.82, 2.24) is 5.43 Å². The molecule has 0 bridgehead atoms. The van der Waals surface area contributed by atoms with Gasteiger partial charge in [-0.25, -0.2) is 4.79 Å². The van der Waals surface area contributed by atoms with Gasteiger partial charge in [0, 0.05) is 6.07 Å². The third-order valence-corrected chi connectivity index (χ3v) is 1.66. The van der Waals surface area contributed by atoms with Crippen LogP contribution in [0.1, 0.15) is 10.4 Å². The normalized spacial score (nSPS) is 9.33. The number of nitrogens with two attached hydrogens (primary N) is 1. The lowest BCUT2D eigenvalue weighted by molar-refractivity contribution is 0.0694. The van der Waals surface area contributed by atoms with Crippen molar-refractivity contribution in [1.29, 1.82) is 0 Å². The topological polar surface area (TPSA) is 108 Å². The van der Waals surface area contributed by atoms with Crippen molar-refractivity contribution in [3.05, 3.63) is 23.8 Å². The molecule has 6 nitrogen and oxygen atoms in total. The standard InChI is InChI=1S/C8H9N3O3S/c9-8(15)11-10-4-1-2-5(7(13)14)6(12)3-4/h1-3,10,12H,(H,13,14)(H3,9,11,15). The van der Waals surface area contributed by atoms with E-state index < -0.39 is 5.97 Å². The van der Waals surface area contributed by atoms with Crippen LogP contribution in [0.2, 0.25) is 0 Å². The molecule has 0 radical (unpaired) electrons. The van der Waals surface area contributed by atoms with E-state index in [-0.39, 0.29) is 16.4 Å². The highest BCUT2D eigenvalue weighted by molar-refractivity contribution is 7.80. The lowest BCUT2D eigenvalue weighted by Gasteiger charge is -2.08. The molecule has 0 fully saturated rings. The summed E-state index contributed by atoms with van der Waals surface area (Å²) in [6.45, 7) is 0. The number of benzene rings is 1. The van der Waals surface area contributed by atoms with Gasteiger partial charge in [-0.3, -0.25) is 10.9 Å². The number of hydrazine groups is 1. The molecule has 0 amide bonds.